The van der Waals surface area contributed by atoms with Gasteiger partial charge in [-0.25, -0.2) is 13.1 Å². The molecule has 0 saturated heterocycles. The predicted molar refractivity (Wildman–Crippen MR) is 67.9 cm³/mol. The van der Waals surface area contributed by atoms with E-state index in [0.717, 1.165) is 0 Å². The van der Waals surface area contributed by atoms with Crippen molar-refractivity contribution in [2.75, 3.05) is 13.7 Å². The number of methoxy groups -OCH3 is 1. The summed E-state index contributed by atoms with van der Waals surface area (Å²) < 4.78 is 30.5. The Hall–Kier alpha value is -1.11. The molecule has 1 aromatic rings. The number of alkyl halides is 1. The van der Waals surface area contributed by atoms with Gasteiger partial charge in [-0.05, 0) is 19.1 Å². The van der Waals surface area contributed by atoms with E-state index in [1.807, 2.05) is 0 Å². The molecule has 5 nitrogen and oxygen atoms in total. The molecule has 0 aromatic heterocycles. The Morgan fingerprint density at radius 2 is 1.94 bits per heavy atom. The number of rotatable bonds is 5. The molecule has 1 rings (SSSR count). The third-order valence-electron chi connectivity index (χ3n) is 2.26. The molecule has 0 aliphatic rings. The van der Waals surface area contributed by atoms with Crippen molar-refractivity contribution in [3.8, 4) is 0 Å². The zero-order valence-corrected chi connectivity index (χ0v) is 11.6. The van der Waals surface area contributed by atoms with Crippen LogP contribution in [0.25, 0.3) is 0 Å². The van der Waals surface area contributed by atoms with Gasteiger partial charge in [-0.3, -0.25) is 4.79 Å². The highest BCUT2D eigenvalue weighted by Crippen LogP contribution is 2.16. The van der Waals surface area contributed by atoms with Crippen molar-refractivity contribution < 1.29 is 17.9 Å². The molecular formula is C11H14ClNO4S. The van der Waals surface area contributed by atoms with Crippen molar-refractivity contribution in [2.24, 2.45) is 0 Å². The van der Waals surface area contributed by atoms with E-state index in [9.17, 15) is 13.2 Å². The highest BCUT2D eigenvalue weighted by Gasteiger charge is 2.33. The zero-order valence-electron chi connectivity index (χ0n) is 10.0. The molecule has 0 spiro atoms. The van der Waals surface area contributed by atoms with Crippen molar-refractivity contribution in [2.45, 2.75) is 16.7 Å². The summed E-state index contributed by atoms with van der Waals surface area (Å²) in [7, 11) is -2.49. The van der Waals surface area contributed by atoms with Crippen LogP contribution in [-0.2, 0) is 19.6 Å². The normalized spacial score (nSPS) is 14.8. The Labute approximate surface area is 111 Å². The molecule has 1 N–H and O–H groups in total. The van der Waals surface area contributed by atoms with Crippen molar-refractivity contribution in [1.82, 2.24) is 4.72 Å². The van der Waals surface area contributed by atoms with E-state index in [1.165, 1.54) is 26.2 Å². The van der Waals surface area contributed by atoms with Gasteiger partial charge in [0.25, 0.3) is 0 Å². The molecule has 1 aromatic carbocycles. The number of hydrogen-bond donors (Lipinski definition) is 1. The van der Waals surface area contributed by atoms with Gasteiger partial charge >= 0.3 is 5.97 Å². The number of carbonyl (C=O) groups excluding carboxylic acids is 1. The first kappa shape index (κ1) is 14.9. The maximum atomic E-state index is 11.9. The molecule has 0 saturated carbocycles. The fourth-order valence-corrected chi connectivity index (χ4v) is 2.58. The molecule has 0 unspecified atom stereocenters. The van der Waals surface area contributed by atoms with Gasteiger partial charge in [-0.1, -0.05) is 18.2 Å². The number of hydrogen-bond acceptors (Lipinski definition) is 4. The second-order valence-corrected chi connectivity index (χ2v) is 6.43. The van der Waals surface area contributed by atoms with Gasteiger partial charge in [0, 0.05) is 6.54 Å². The Morgan fingerprint density at radius 3 is 2.44 bits per heavy atom. The minimum absolute atomic E-state index is 0.113. The maximum absolute atomic E-state index is 11.9. The highest BCUT2D eigenvalue weighted by atomic mass is 35.5. The first-order valence-electron chi connectivity index (χ1n) is 5.11. The molecule has 0 fully saturated rings. The van der Waals surface area contributed by atoms with E-state index in [4.69, 9.17) is 11.6 Å². The first-order valence-corrected chi connectivity index (χ1v) is 6.98. The van der Waals surface area contributed by atoms with E-state index in [-0.39, 0.29) is 11.4 Å². The average molecular weight is 292 g/mol. The summed E-state index contributed by atoms with van der Waals surface area (Å²) in [6, 6.07) is 7.82. The fraction of sp³-hybridized carbons (Fsp3) is 0.364. The van der Waals surface area contributed by atoms with Crippen LogP contribution in [-0.4, -0.2) is 32.9 Å². The number of benzene rings is 1. The van der Waals surface area contributed by atoms with Crippen molar-refractivity contribution >= 4 is 27.6 Å². The van der Waals surface area contributed by atoms with Crippen molar-refractivity contribution in [3.05, 3.63) is 30.3 Å². The largest absolute Gasteiger partial charge is 0.468 e. The van der Waals surface area contributed by atoms with Crippen LogP contribution in [0.3, 0.4) is 0 Å². The van der Waals surface area contributed by atoms with Crippen LogP contribution in [0.15, 0.2) is 35.2 Å². The van der Waals surface area contributed by atoms with E-state index < -0.39 is 20.9 Å². The standard InChI is InChI=1S/C11H14ClNO4S/c1-11(12,10(14)17-2)8-13-18(15,16)9-6-4-3-5-7-9/h3-7,13H,8H2,1-2H3/t11-/m0/s1. The lowest BCUT2D eigenvalue weighted by atomic mass is 10.2. The summed E-state index contributed by atoms with van der Waals surface area (Å²) in [6.07, 6.45) is 0. The monoisotopic (exact) mass is 291 g/mol. The van der Waals surface area contributed by atoms with Crippen molar-refractivity contribution in [3.63, 3.8) is 0 Å². The quantitative estimate of drug-likeness (QED) is 0.652. The van der Waals surface area contributed by atoms with Gasteiger partial charge in [0.1, 0.15) is 0 Å². The number of ether oxygens (including phenoxy) is 1. The molecule has 0 aliphatic heterocycles. The topological polar surface area (TPSA) is 72.5 Å². The molecule has 18 heavy (non-hydrogen) atoms. The van der Waals surface area contributed by atoms with Gasteiger partial charge in [0.05, 0.1) is 12.0 Å². The number of esters is 1. The summed E-state index contributed by atoms with van der Waals surface area (Å²) in [5, 5.41) is 0. The molecule has 1 atom stereocenters. The smallest absolute Gasteiger partial charge is 0.327 e. The number of nitrogens with one attached hydrogen (secondary N) is 1. The number of sulfonamides is 1. The van der Waals surface area contributed by atoms with Gasteiger partial charge < -0.3 is 4.74 Å². The van der Waals surface area contributed by atoms with E-state index in [1.54, 1.807) is 18.2 Å². The van der Waals surface area contributed by atoms with Crippen molar-refractivity contribution in [1.29, 1.82) is 0 Å². The lowest BCUT2D eigenvalue weighted by molar-refractivity contribution is -0.143. The summed E-state index contributed by atoms with van der Waals surface area (Å²) in [6.45, 7) is 1.13. The van der Waals surface area contributed by atoms with Crippen LogP contribution >= 0.6 is 11.6 Å². The Kier molecular flexibility index (Phi) is 4.72. The third-order valence-corrected chi connectivity index (χ3v) is 3.96. The highest BCUT2D eigenvalue weighted by molar-refractivity contribution is 7.89. The van der Waals surface area contributed by atoms with E-state index in [2.05, 4.69) is 9.46 Å². The van der Waals surface area contributed by atoms with Gasteiger partial charge in [-0.2, -0.15) is 0 Å². The third kappa shape index (κ3) is 3.69. The summed E-state index contributed by atoms with van der Waals surface area (Å²) >= 11 is 5.88. The van der Waals surface area contributed by atoms with Crippen LogP contribution in [0.5, 0.6) is 0 Å². The molecule has 0 heterocycles. The molecule has 0 amide bonds. The molecule has 100 valence electrons. The van der Waals surface area contributed by atoms with Gasteiger partial charge in [0.2, 0.25) is 10.0 Å². The van der Waals surface area contributed by atoms with Gasteiger partial charge in [0.15, 0.2) is 4.87 Å². The van der Waals surface area contributed by atoms with Crippen LogP contribution in [0.4, 0.5) is 0 Å². The lowest BCUT2D eigenvalue weighted by Gasteiger charge is -2.19. The van der Waals surface area contributed by atoms with E-state index >= 15 is 0 Å². The number of carbonyl (C=O) groups is 1. The minimum atomic E-state index is -3.68. The molecule has 0 bridgehead atoms. The molecule has 0 radical (unpaired) electrons. The second-order valence-electron chi connectivity index (χ2n) is 3.83. The predicted octanol–water partition coefficient (Wildman–Crippen LogP) is 1.14. The Morgan fingerprint density at radius 1 is 1.39 bits per heavy atom. The zero-order chi connectivity index (χ0) is 13.8. The SMILES string of the molecule is COC(=O)[C@@](C)(Cl)CNS(=O)(=O)c1ccccc1. The van der Waals surface area contributed by atoms with Gasteiger partial charge in [-0.15, -0.1) is 11.6 Å². The first-order chi connectivity index (χ1) is 8.29. The summed E-state index contributed by atoms with van der Waals surface area (Å²) in [5.74, 6) is -0.695. The lowest BCUT2D eigenvalue weighted by Crippen LogP contribution is -2.43. The van der Waals surface area contributed by atoms with Crippen LogP contribution in [0, 0.1) is 0 Å². The second kappa shape index (κ2) is 5.69. The van der Waals surface area contributed by atoms with Crippen LogP contribution < -0.4 is 4.72 Å². The van der Waals surface area contributed by atoms with Crippen LogP contribution in [0.2, 0.25) is 0 Å². The maximum Gasteiger partial charge on any atom is 0.327 e. The molecular weight excluding hydrogens is 278 g/mol. The minimum Gasteiger partial charge on any atom is -0.468 e. The fourth-order valence-electron chi connectivity index (χ4n) is 1.20. The molecule has 7 heteroatoms. The van der Waals surface area contributed by atoms with Crippen LogP contribution in [0.1, 0.15) is 6.92 Å². The van der Waals surface area contributed by atoms with E-state index in [0.29, 0.717) is 0 Å². The average Bonchev–Trinajstić information content (AvgIpc) is 2.36. The Bertz CT molecular complexity index is 513. The molecule has 0 aliphatic carbocycles. The Balaban J connectivity index is 2.78. The summed E-state index contributed by atoms with van der Waals surface area (Å²) in [5.41, 5.74) is 0. The summed E-state index contributed by atoms with van der Waals surface area (Å²) in [4.78, 5) is 9.98. The number of halogens is 1.